The van der Waals surface area contributed by atoms with Crippen molar-refractivity contribution in [1.82, 2.24) is 0 Å². The van der Waals surface area contributed by atoms with Crippen molar-refractivity contribution in [1.29, 1.82) is 0 Å². The molecule has 0 aliphatic heterocycles. The van der Waals surface area contributed by atoms with Gasteiger partial charge in [0.1, 0.15) is 11.6 Å². The number of hydrogen-bond donors (Lipinski definition) is 2. The van der Waals surface area contributed by atoms with Gasteiger partial charge in [-0.1, -0.05) is 0 Å². The van der Waals surface area contributed by atoms with Crippen molar-refractivity contribution in [3.05, 3.63) is 70.0 Å². The molecule has 0 saturated heterocycles. The van der Waals surface area contributed by atoms with Crippen molar-refractivity contribution in [3.63, 3.8) is 0 Å². The van der Waals surface area contributed by atoms with Gasteiger partial charge in [0.25, 0.3) is 5.69 Å². The fourth-order valence-corrected chi connectivity index (χ4v) is 2.07. The molecule has 0 aliphatic rings. The van der Waals surface area contributed by atoms with E-state index in [-0.39, 0.29) is 18.6 Å². The fourth-order valence-electron chi connectivity index (χ4n) is 2.07. The summed E-state index contributed by atoms with van der Waals surface area (Å²) >= 11 is 0. The molecule has 0 atom stereocenters. The Morgan fingerprint density at radius 2 is 1.93 bits per heavy atom. The fraction of sp³-hybridized carbons (Fsp3) is 0.111. The van der Waals surface area contributed by atoms with Gasteiger partial charge in [0.2, 0.25) is 11.8 Å². The lowest BCUT2D eigenvalue weighted by molar-refractivity contribution is -0.385. The minimum Gasteiger partial charge on any atom is -0.493 e. The summed E-state index contributed by atoms with van der Waals surface area (Å²) in [6, 6.07) is 9.46. The molecule has 2 aromatic rings. The SMILES string of the molecule is NC(=O)CCOc1ccc(NC(=O)C=Cc2ccc(F)cc2[N+](=O)[O-])cc1. The number of nitro groups is 1. The first kappa shape index (κ1) is 19.6. The molecular weight excluding hydrogens is 357 g/mol. The Morgan fingerprint density at radius 3 is 2.56 bits per heavy atom. The summed E-state index contributed by atoms with van der Waals surface area (Å²) in [7, 11) is 0. The molecule has 0 aliphatic carbocycles. The lowest BCUT2D eigenvalue weighted by atomic mass is 10.1. The minimum absolute atomic E-state index is 0.0960. The molecule has 3 N–H and O–H groups in total. The van der Waals surface area contributed by atoms with E-state index in [2.05, 4.69) is 5.32 Å². The molecule has 0 unspecified atom stereocenters. The Bertz CT molecular complexity index is 881. The van der Waals surface area contributed by atoms with E-state index in [1.165, 1.54) is 12.1 Å². The van der Waals surface area contributed by atoms with E-state index in [1.807, 2.05) is 0 Å². The Kier molecular flexibility index (Phi) is 6.59. The number of halogens is 1. The number of nitrogens with zero attached hydrogens (tertiary/aromatic N) is 1. The summed E-state index contributed by atoms with van der Waals surface area (Å²) in [5, 5.41) is 13.5. The van der Waals surface area contributed by atoms with Crippen LogP contribution in [0, 0.1) is 15.9 Å². The number of carbonyl (C=O) groups excluding carboxylic acids is 2. The van der Waals surface area contributed by atoms with Gasteiger partial charge in [0.05, 0.1) is 29.6 Å². The number of carbonyl (C=O) groups is 2. The summed E-state index contributed by atoms with van der Waals surface area (Å²) in [6.07, 6.45) is 2.44. The monoisotopic (exact) mass is 373 g/mol. The normalized spacial score (nSPS) is 10.6. The maximum absolute atomic E-state index is 13.1. The number of anilines is 1. The van der Waals surface area contributed by atoms with Gasteiger partial charge in [-0.15, -0.1) is 0 Å². The van der Waals surface area contributed by atoms with Crippen molar-refractivity contribution in [2.24, 2.45) is 5.73 Å². The summed E-state index contributed by atoms with van der Waals surface area (Å²) < 4.78 is 18.4. The van der Waals surface area contributed by atoms with E-state index >= 15 is 0 Å². The molecular formula is C18H16FN3O5. The minimum atomic E-state index is -0.735. The molecule has 0 fully saturated rings. The number of amides is 2. The van der Waals surface area contributed by atoms with Gasteiger partial charge in [-0.2, -0.15) is 0 Å². The van der Waals surface area contributed by atoms with Crippen molar-refractivity contribution >= 4 is 29.3 Å². The van der Waals surface area contributed by atoms with E-state index in [1.54, 1.807) is 24.3 Å². The average molecular weight is 373 g/mol. The standard InChI is InChI=1S/C18H16FN3O5/c19-13-3-1-12(16(11-13)22(25)26)2-8-18(24)21-14-4-6-15(7-5-14)27-10-9-17(20)23/h1-8,11H,9-10H2,(H2,20,23)(H,21,24). The van der Waals surface area contributed by atoms with Crippen LogP contribution in [0.5, 0.6) is 5.75 Å². The molecule has 0 radical (unpaired) electrons. The van der Waals surface area contributed by atoms with E-state index < -0.39 is 28.2 Å². The molecule has 0 aromatic heterocycles. The third-order valence-corrected chi connectivity index (χ3v) is 3.34. The largest absolute Gasteiger partial charge is 0.493 e. The Hall–Kier alpha value is -3.75. The summed E-state index contributed by atoms with van der Waals surface area (Å²) in [6.45, 7) is 0.153. The highest BCUT2D eigenvalue weighted by molar-refractivity contribution is 6.02. The third kappa shape index (κ3) is 6.24. The van der Waals surface area contributed by atoms with Gasteiger partial charge in [-0.25, -0.2) is 4.39 Å². The molecule has 27 heavy (non-hydrogen) atoms. The van der Waals surface area contributed by atoms with Crippen LogP contribution in [0.3, 0.4) is 0 Å². The summed E-state index contributed by atoms with van der Waals surface area (Å²) in [5.41, 5.74) is 5.16. The lowest BCUT2D eigenvalue weighted by Gasteiger charge is -2.06. The zero-order valence-electron chi connectivity index (χ0n) is 14.1. The Balaban J connectivity index is 1.96. The molecule has 2 aromatic carbocycles. The van der Waals surface area contributed by atoms with Crippen LogP contribution in [0.15, 0.2) is 48.5 Å². The van der Waals surface area contributed by atoms with E-state index in [4.69, 9.17) is 10.5 Å². The quantitative estimate of drug-likeness (QED) is 0.418. The van der Waals surface area contributed by atoms with Gasteiger partial charge in [0, 0.05) is 11.8 Å². The van der Waals surface area contributed by atoms with Crippen LogP contribution in [0.1, 0.15) is 12.0 Å². The van der Waals surface area contributed by atoms with Crippen LogP contribution in [-0.4, -0.2) is 23.3 Å². The number of nitro benzene ring substituents is 1. The van der Waals surface area contributed by atoms with Crippen molar-refractivity contribution < 1.29 is 23.6 Å². The van der Waals surface area contributed by atoms with Crippen LogP contribution in [0.2, 0.25) is 0 Å². The van der Waals surface area contributed by atoms with Crippen LogP contribution < -0.4 is 15.8 Å². The van der Waals surface area contributed by atoms with Gasteiger partial charge >= 0.3 is 0 Å². The first-order valence-corrected chi connectivity index (χ1v) is 7.79. The molecule has 0 heterocycles. The maximum Gasteiger partial charge on any atom is 0.279 e. The number of primary amides is 1. The molecule has 140 valence electrons. The maximum atomic E-state index is 13.1. The van der Waals surface area contributed by atoms with Gasteiger partial charge in [-0.05, 0) is 42.5 Å². The molecule has 2 amide bonds. The Morgan fingerprint density at radius 1 is 1.22 bits per heavy atom. The summed E-state index contributed by atoms with van der Waals surface area (Å²) in [4.78, 5) is 32.8. The number of ether oxygens (including phenoxy) is 1. The number of nitrogens with two attached hydrogens (primary N) is 1. The third-order valence-electron chi connectivity index (χ3n) is 3.34. The van der Waals surface area contributed by atoms with Crippen LogP contribution in [0.4, 0.5) is 15.8 Å². The Labute approximate surface area is 153 Å². The molecule has 2 rings (SSSR count). The zero-order valence-corrected chi connectivity index (χ0v) is 14.1. The highest BCUT2D eigenvalue weighted by Crippen LogP contribution is 2.21. The van der Waals surface area contributed by atoms with Crippen molar-refractivity contribution in [2.75, 3.05) is 11.9 Å². The zero-order chi connectivity index (χ0) is 19.8. The van der Waals surface area contributed by atoms with E-state index in [9.17, 15) is 24.1 Å². The number of benzene rings is 2. The number of hydrogen-bond acceptors (Lipinski definition) is 5. The second-order valence-corrected chi connectivity index (χ2v) is 5.37. The van der Waals surface area contributed by atoms with Crippen LogP contribution >= 0.6 is 0 Å². The predicted molar refractivity (Wildman–Crippen MR) is 96.5 cm³/mol. The molecule has 9 heteroatoms. The molecule has 0 saturated carbocycles. The van der Waals surface area contributed by atoms with Crippen LogP contribution in [-0.2, 0) is 9.59 Å². The number of nitrogens with one attached hydrogen (secondary N) is 1. The number of rotatable bonds is 8. The first-order valence-electron chi connectivity index (χ1n) is 7.79. The van der Waals surface area contributed by atoms with Crippen molar-refractivity contribution in [3.8, 4) is 5.75 Å². The lowest BCUT2D eigenvalue weighted by Crippen LogP contribution is -2.14. The highest BCUT2D eigenvalue weighted by Gasteiger charge is 2.12. The van der Waals surface area contributed by atoms with Crippen molar-refractivity contribution in [2.45, 2.75) is 6.42 Å². The van der Waals surface area contributed by atoms with Gasteiger partial charge in [-0.3, -0.25) is 19.7 Å². The smallest absolute Gasteiger partial charge is 0.279 e. The van der Waals surface area contributed by atoms with E-state index in [0.29, 0.717) is 11.4 Å². The summed E-state index contributed by atoms with van der Waals surface area (Å²) in [5.74, 6) is -1.21. The topological polar surface area (TPSA) is 125 Å². The van der Waals surface area contributed by atoms with Gasteiger partial charge in [0.15, 0.2) is 0 Å². The van der Waals surface area contributed by atoms with Gasteiger partial charge < -0.3 is 15.8 Å². The first-order chi connectivity index (χ1) is 12.8. The highest BCUT2D eigenvalue weighted by atomic mass is 19.1. The second-order valence-electron chi connectivity index (χ2n) is 5.37. The molecule has 0 bridgehead atoms. The van der Waals surface area contributed by atoms with Crippen LogP contribution in [0.25, 0.3) is 6.08 Å². The molecule has 0 spiro atoms. The predicted octanol–water partition coefficient (Wildman–Crippen LogP) is 2.64. The van der Waals surface area contributed by atoms with E-state index in [0.717, 1.165) is 18.2 Å². The average Bonchev–Trinajstić information content (AvgIpc) is 2.61. The molecule has 8 nitrogen and oxygen atoms in total. The second kappa shape index (κ2) is 9.09.